The van der Waals surface area contributed by atoms with Crippen molar-refractivity contribution < 1.29 is 27.6 Å². The summed E-state index contributed by atoms with van der Waals surface area (Å²) in [5.41, 5.74) is -0.0309. The number of carbonyl (C=O) groups is 3. The van der Waals surface area contributed by atoms with Gasteiger partial charge < -0.3 is 10.2 Å². The Hall–Kier alpha value is -4.14. The standard InChI is InChI=1S/C24H16F3N3O3/c25-16-6-3-14-11-30(21(31)19(14)10-16)12-24(22(32)28-23(33)29-24)15-4-1-13(2-5-15)18-9-17(26)7-8-20(18)27/h1-10H,11-12H2,(H2,28,29,32,33). The van der Waals surface area contributed by atoms with Gasteiger partial charge in [-0.25, -0.2) is 18.0 Å². The molecule has 5 rings (SSSR count). The van der Waals surface area contributed by atoms with Crippen molar-refractivity contribution in [2.75, 3.05) is 6.54 Å². The summed E-state index contributed by atoms with van der Waals surface area (Å²) >= 11 is 0. The number of benzene rings is 3. The number of rotatable bonds is 4. The molecule has 1 atom stereocenters. The van der Waals surface area contributed by atoms with Gasteiger partial charge in [0.2, 0.25) is 0 Å². The van der Waals surface area contributed by atoms with E-state index in [2.05, 4.69) is 10.6 Å². The van der Waals surface area contributed by atoms with Gasteiger partial charge >= 0.3 is 6.03 Å². The highest BCUT2D eigenvalue weighted by molar-refractivity contribution is 6.08. The number of nitrogens with zero attached hydrogens (tertiary/aromatic N) is 1. The van der Waals surface area contributed by atoms with E-state index < -0.39 is 40.8 Å². The van der Waals surface area contributed by atoms with E-state index in [1.165, 1.54) is 41.3 Å². The van der Waals surface area contributed by atoms with Crippen LogP contribution in [-0.2, 0) is 16.9 Å². The first-order chi connectivity index (χ1) is 15.8. The van der Waals surface area contributed by atoms with Gasteiger partial charge in [-0.15, -0.1) is 0 Å². The number of hydrogen-bond acceptors (Lipinski definition) is 3. The van der Waals surface area contributed by atoms with Crippen LogP contribution in [0.15, 0.2) is 60.7 Å². The average molecular weight is 451 g/mol. The van der Waals surface area contributed by atoms with Crippen molar-refractivity contribution in [3.63, 3.8) is 0 Å². The van der Waals surface area contributed by atoms with E-state index in [0.717, 1.165) is 24.3 Å². The average Bonchev–Trinajstić information content (AvgIpc) is 3.25. The topological polar surface area (TPSA) is 78.5 Å². The van der Waals surface area contributed by atoms with Gasteiger partial charge in [-0.3, -0.25) is 14.9 Å². The van der Waals surface area contributed by atoms with Crippen LogP contribution in [0.4, 0.5) is 18.0 Å². The first-order valence-electron chi connectivity index (χ1n) is 10.0. The number of nitrogens with one attached hydrogen (secondary N) is 2. The van der Waals surface area contributed by atoms with Gasteiger partial charge in [0.1, 0.15) is 17.5 Å². The van der Waals surface area contributed by atoms with E-state index in [-0.39, 0.29) is 24.2 Å². The Morgan fingerprint density at radius 3 is 2.18 bits per heavy atom. The third-order valence-corrected chi connectivity index (χ3v) is 5.94. The quantitative estimate of drug-likeness (QED) is 0.597. The molecule has 3 aromatic carbocycles. The van der Waals surface area contributed by atoms with Gasteiger partial charge in [-0.1, -0.05) is 30.3 Å². The Bertz CT molecular complexity index is 1330. The molecule has 2 heterocycles. The molecule has 1 unspecified atom stereocenters. The van der Waals surface area contributed by atoms with Gasteiger partial charge in [0, 0.05) is 17.7 Å². The lowest BCUT2D eigenvalue weighted by atomic mass is 9.88. The highest BCUT2D eigenvalue weighted by atomic mass is 19.1. The molecule has 2 aliphatic rings. The van der Waals surface area contributed by atoms with Crippen LogP contribution in [0.25, 0.3) is 11.1 Å². The molecule has 6 nitrogen and oxygen atoms in total. The van der Waals surface area contributed by atoms with Crippen LogP contribution < -0.4 is 10.6 Å². The zero-order valence-electron chi connectivity index (χ0n) is 17.0. The van der Waals surface area contributed by atoms with E-state index in [4.69, 9.17) is 0 Å². The summed E-state index contributed by atoms with van der Waals surface area (Å²) in [6.07, 6.45) is 0. The Morgan fingerprint density at radius 1 is 0.848 bits per heavy atom. The van der Waals surface area contributed by atoms with Gasteiger partial charge in [-0.05, 0) is 47.0 Å². The molecule has 9 heteroatoms. The number of imide groups is 1. The number of halogens is 3. The SMILES string of the molecule is O=C1NC(=O)C(CN2Cc3ccc(F)cc3C2=O)(c2ccc(-c3cc(F)ccc3F)cc2)N1. The second kappa shape index (κ2) is 7.47. The summed E-state index contributed by atoms with van der Waals surface area (Å²) in [5.74, 6) is -2.88. The maximum atomic E-state index is 14.2. The lowest BCUT2D eigenvalue weighted by molar-refractivity contribution is -0.124. The molecule has 2 N–H and O–H groups in total. The van der Waals surface area contributed by atoms with Crippen molar-refractivity contribution in [3.8, 4) is 11.1 Å². The zero-order valence-corrected chi connectivity index (χ0v) is 17.0. The summed E-state index contributed by atoms with van der Waals surface area (Å²) in [4.78, 5) is 39.1. The lowest BCUT2D eigenvalue weighted by Crippen LogP contribution is -2.52. The third-order valence-electron chi connectivity index (χ3n) is 5.94. The number of urea groups is 1. The molecule has 0 spiro atoms. The monoisotopic (exact) mass is 451 g/mol. The van der Waals surface area contributed by atoms with Crippen LogP contribution in [0.3, 0.4) is 0 Å². The van der Waals surface area contributed by atoms with E-state index in [1.807, 2.05) is 0 Å². The molecule has 0 radical (unpaired) electrons. The second-order valence-electron chi connectivity index (χ2n) is 7.98. The predicted molar refractivity (Wildman–Crippen MR) is 111 cm³/mol. The fourth-order valence-electron chi connectivity index (χ4n) is 4.30. The first-order valence-corrected chi connectivity index (χ1v) is 10.0. The highest BCUT2D eigenvalue weighted by Gasteiger charge is 2.50. The Balaban J connectivity index is 1.50. The van der Waals surface area contributed by atoms with E-state index in [1.54, 1.807) is 0 Å². The molecule has 0 aliphatic carbocycles. The van der Waals surface area contributed by atoms with Crippen LogP contribution in [0, 0.1) is 17.5 Å². The molecule has 1 saturated heterocycles. The number of carbonyl (C=O) groups excluding carboxylic acids is 3. The van der Waals surface area contributed by atoms with Crippen molar-refractivity contribution in [2.45, 2.75) is 12.1 Å². The molecule has 2 aliphatic heterocycles. The van der Waals surface area contributed by atoms with Crippen molar-refractivity contribution in [2.24, 2.45) is 0 Å². The molecular weight excluding hydrogens is 435 g/mol. The van der Waals surface area contributed by atoms with Crippen molar-refractivity contribution in [3.05, 3.63) is 94.8 Å². The Labute approximate surface area is 186 Å². The van der Waals surface area contributed by atoms with Crippen LogP contribution in [0.2, 0.25) is 0 Å². The molecule has 166 valence electrons. The molecule has 0 saturated carbocycles. The Kier molecular flexibility index (Phi) is 4.70. The van der Waals surface area contributed by atoms with E-state index >= 15 is 0 Å². The molecule has 0 aromatic heterocycles. The number of amides is 4. The lowest BCUT2D eigenvalue weighted by Gasteiger charge is -2.31. The van der Waals surface area contributed by atoms with Crippen LogP contribution in [0.1, 0.15) is 21.5 Å². The smallest absolute Gasteiger partial charge is 0.322 e. The van der Waals surface area contributed by atoms with Crippen molar-refractivity contribution in [1.29, 1.82) is 0 Å². The van der Waals surface area contributed by atoms with Crippen molar-refractivity contribution >= 4 is 17.8 Å². The van der Waals surface area contributed by atoms with E-state index in [0.29, 0.717) is 16.7 Å². The minimum Gasteiger partial charge on any atom is -0.331 e. The summed E-state index contributed by atoms with van der Waals surface area (Å²) < 4.78 is 41.4. The maximum absolute atomic E-state index is 14.2. The fraction of sp³-hybridized carbons (Fsp3) is 0.125. The summed E-state index contributed by atoms with van der Waals surface area (Å²) in [6.45, 7) is -0.0562. The summed E-state index contributed by atoms with van der Waals surface area (Å²) in [5, 5.41) is 4.79. The van der Waals surface area contributed by atoms with Crippen LogP contribution in [-0.4, -0.2) is 29.3 Å². The zero-order chi connectivity index (χ0) is 23.3. The predicted octanol–water partition coefficient (Wildman–Crippen LogP) is 3.46. The number of hydrogen-bond donors (Lipinski definition) is 2. The third kappa shape index (κ3) is 3.42. The fourth-order valence-corrected chi connectivity index (χ4v) is 4.30. The molecule has 4 amide bonds. The molecule has 3 aromatic rings. The minimum atomic E-state index is -1.60. The molecular formula is C24H16F3N3O3. The number of fused-ring (bicyclic) bond motifs is 1. The van der Waals surface area contributed by atoms with Crippen molar-refractivity contribution in [1.82, 2.24) is 15.5 Å². The molecule has 1 fully saturated rings. The highest BCUT2D eigenvalue weighted by Crippen LogP contribution is 2.33. The first kappa shape index (κ1) is 20.7. The van der Waals surface area contributed by atoms with Crippen LogP contribution in [0.5, 0.6) is 0 Å². The molecule has 33 heavy (non-hydrogen) atoms. The van der Waals surface area contributed by atoms with E-state index in [9.17, 15) is 27.6 Å². The largest absolute Gasteiger partial charge is 0.331 e. The van der Waals surface area contributed by atoms with Gasteiger partial charge in [0.15, 0.2) is 5.54 Å². The van der Waals surface area contributed by atoms with Gasteiger partial charge in [-0.2, -0.15) is 0 Å². The Morgan fingerprint density at radius 2 is 1.52 bits per heavy atom. The van der Waals surface area contributed by atoms with Crippen LogP contribution >= 0.6 is 0 Å². The molecule has 0 bridgehead atoms. The van der Waals surface area contributed by atoms with Gasteiger partial charge in [0.05, 0.1) is 6.54 Å². The second-order valence-corrected chi connectivity index (χ2v) is 7.98. The minimum absolute atomic E-state index is 0.0442. The summed E-state index contributed by atoms with van der Waals surface area (Å²) in [6, 6.07) is 12.3. The summed E-state index contributed by atoms with van der Waals surface area (Å²) in [7, 11) is 0. The normalized spacial score (nSPS) is 19.5. The maximum Gasteiger partial charge on any atom is 0.322 e. The van der Waals surface area contributed by atoms with Gasteiger partial charge in [0.25, 0.3) is 11.8 Å².